The SMILES string of the molecule is CN(Cc1ccccc1N)C(=O)c1cnn(C)c1. The number of aromatic nitrogens is 2. The zero-order valence-corrected chi connectivity index (χ0v) is 10.5. The van der Waals surface area contributed by atoms with Gasteiger partial charge in [0.2, 0.25) is 0 Å². The first-order valence-electron chi connectivity index (χ1n) is 5.65. The molecule has 0 unspecified atom stereocenters. The van der Waals surface area contributed by atoms with E-state index in [9.17, 15) is 4.79 Å². The van der Waals surface area contributed by atoms with Crippen molar-refractivity contribution in [3.8, 4) is 0 Å². The Balaban J connectivity index is 2.11. The maximum Gasteiger partial charge on any atom is 0.257 e. The van der Waals surface area contributed by atoms with E-state index in [1.54, 1.807) is 36.1 Å². The average molecular weight is 244 g/mol. The molecule has 1 aromatic carbocycles. The molecule has 1 aromatic heterocycles. The fourth-order valence-corrected chi connectivity index (χ4v) is 1.76. The van der Waals surface area contributed by atoms with Gasteiger partial charge in [-0.1, -0.05) is 18.2 Å². The van der Waals surface area contributed by atoms with Crippen LogP contribution in [0.5, 0.6) is 0 Å². The van der Waals surface area contributed by atoms with Crippen molar-refractivity contribution in [1.29, 1.82) is 0 Å². The lowest BCUT2D eigenvalue weighted by molar-refractivity contribution is 0.0785. The van der Waals surface area contributed by atoms with E-state index in [0.717, 1.165) is 5.56 Å². The van der Waals surface area contributed by atoms with Gasteiger partial charge in [-0.05, 0) is 11.6 Å². The van der Waals surface area contributed by atoms with Crippen molar-refractivity contribution in [3.63, 3.8) is 0 Å². The summed E-state index contributed by atoms with van der Waals surface area (Å²) in [4.78, 5) is 13.7. The Bertz CT molecular complexity index is 562. The zero-order valence-electron chi connectivity index (χ0n) is 10.5. The highest BCUT2D eigenvalue weighted by molar-refractivity contribution is 5.93. The number of para-hydroxylation sites is 1. The Hall–Kier alpha value is -2.30. The number of nitrogen functional groups attached to an aromatic ring is 1. The van der Waals surface area contributed by atoms with Crippen molar-refractivity contribution < 1.29 is 4.79 Å². The topological polar surface area (TPSA) is 64.2 Å². The van der Waals surface area contributed by atoms with Crippen LogP contribution in [0.4, 0.5) is 5.69 Å². The standard InChI is InChI=1S/C13H16N4O/c1-16(8-10-5-3-4-6-12(10)14)13(18)11-7-15-17(2)9-11/h3-7,9H,8,14H2,1-2H3. The highest BCUT2D eigenvalue weighted by Crippen LogP contribution is 2.14. The van der Waals surface area contributed by atoms with E-state index in [4.69, 9.17) is 5.73 Å². The van der Waals surface area contributed by atoms with Crippen molar-refractivity contribution in [2.45, 2.75) is 6.54 Å². The molecule has 0 saturated heterocycles. The van der Waals surface area contributed by atoms with Crippen molar-refractivity contribution in [3.05, 3.63) is 47.8 Å². The summed E-state index contributed by atoms with van der Waals surface area (Å²) in [7, 11) is 3.54. The Kier molecular flexibility index (Phi) is 3.32. The molecule has 5 nitrogen and oxygen atoms in total. The highest BCUT2D eigenvalue weighted by atomic mass is 16.2. The van der Waals surface area contributed by atoms with Crippen LogP contribution < -0.4 is 5.73 Å². The van der Waals surface area contributed by atoms with E-state index in [1.165, 1.54) is 0 Å². The van der Waals surface area contributed by atoms with Gasteiger partial charge in [0.15, 0.2) is 0 Å². The molecule has 2 N–H and O–H groups in total. The molecule has 2 aromatic rings. The van der Waals surface area contributed by atoms with Crippen LogP contribution in [0.3, 0.4) is 0 Å². The van der Waals surface area contributed by atoms with Gasteiger partial charge in [-0.2, -0.15) is 5.10 Å². The van der Waals surface area contributed by atoms with E-state index >= 15 is 0 Å². The monoisotopic (exact) mass is 244 g/mol. The largest absolute Gasteiger partial charge is 0.398 e. The Labute approximate surface area is 106 Å². The Morgan fingerprint density at radius 2 is 2.17 bits per heavy atom. The molecule has 5 heteroatoms. The number of nitrogens with zero attached hydrogens (tertiary/aromatic N) is 3. The van der Waals surface area contributed by atoms with E-state index in [-0.39, 0.29) is 5.91 Å². The average Bonchev–Trinajstić information content (AvgIpc) is 2.78. The molecule has 2 rings (SSSR count). The van der Waals surface area contributed by atoms with Gasteiger partial charge in [-0.25, -0.2) is 0 Å². The zero-order chi connectivity index (χ0) is 13.1. The number of anilines is 1. The molecule has 0 spiro atoms. The van der Waals surface area contributed by atoms with Crippen molar-refractivity contribution in [1.82, 2.24) is 14.7 Å². The van der Waals surface area contributed by atoms with Crippen LogP contribution in [0, 0.1) is 0 Å². The van der Waals surface area contributed by atoms with Crippen LogP contribution in [0.1, 0.15) is 15.9 Å². The van der Waals surface area contributed by atoms with Crippen LogP contribution >= 0.6 is 0 Å². The van der Waals surface area contributed by atoms with E-state index in [0.29, 0.717) is 17.8 Å². The summed E-state index contributed by atoms with van der Waals surface area (Å²) < 4.78 is 1.61. The van der Waals surface area contributed by atoms with Gasteiger partial charge >= 0.3 is 0 Å². The van der Waals surface area contributed by atoms with E-state index in [1.807, 2.05) is 24.3 Å². The van der Waals surface area contributed by atoms with Gasteiger partial charge in [0.05, 0.1) is 11.8 Å². The fourth-order valence-electron chi connectivity index (χ4n) is 1.76. The predicted molar refractivity (Wildman–Crippen MR) is 69.9 cm³/mol. The van der Waals surface area contributed by atoms with Gasteiger partial charge < -0.3 is 10.6 Å². The summed E-state index contributed by atoms with van der Waals surface area (Å²) >= 11 is 0. The number of benzene rings is 1. The third-order valence-corrected chi connectivity index (χ3v) is 2.76. The summed E-state index contributed by atoms with van der Waals surface area (Å²) in [6.07, 6.45) is 3.26. The number of amides is 1. The lowest BCUT2D eigenvalue weighted by Gasteiger charge is -2.17. The second-order valence-corrected chi connectivity index (χ2v) is 4.26. The number of rotatable bonds is 3. The van der Waals surface area contributed by atoms with Gasteiger partial charge in [0.25, 0.3) is 5.91 Å². The quantitative estimate of drug-likeness (QED) is 0.827. The smallest absolute Gasteiger partial charge is 0.257 e. The minimum absolute atomic E-state index is 0.0636. The molecule has 0 aliphatic rings. The first-order valence-corrected chi connectivity index (χ1v) is 5.65. The van der Waals surface area contributed by atoms with Gasteiger partial charge in [-0.15, -0.1) is 0 Å². The van der Waals surface area contributed by atoms with E-state index in [2.05, 4.69) is 5.10 Å². The lowest BCUT2D eigenvalue weighted by atomic mass is 10.1. The van der Waals surface area contributed by atoms with Crippen molar-refractivity contribution >= 4 is 11.6 Å². The van der Waals surface area contributed by atoms with Crippen LogP contribution in [0.2, 0.25) is 0 Å². The summed E-state index contributed by atoms with van der Waals surface area (Å²) in [5, 5.41) is 3.99. The molecule has 0 aliphatic heterocycles. The molecule has 1 amide bonds. The molecule has 0 aliphatic carbocycles. The minimum Gasteiger partial charge on any atom is -0.398 e. The molecular weight excluding hydrogens is 228 g/mol. The third kappa shape index (κ3) is 2.51. The second-order valence-electron chi connectivity index (χ2n) is 4.26. The summed E-state index contributed by atoms with van der Waals surface area (Å²) in [5.74, 6) is -0.0636. The molecule has 0 bridgehead atoms. The van der Waals surface area contributed by atoms with Gasteiger partial charge in [-0.3, -0.25) is 9.48 Å². The Morgan fingerprint density at radius 1 is 1.44 bits per heavy atom. The number of nitrogens with two attached hydrogens (primary N) is 1. The van der Waals surface area contributed by atoms with Crippen LogP contribution in [-0.2, 0) is 13.6 Å². The van der Waals surface area contributed by atoms with Crippen molar-refractivity contribution in [2.75, 3.05) is 12.8 Å². The van der Waals surface area contributed by atoms with Crippen LogP contribution in [0.15, 0.2) is 36.7 Å². The molecule has 0 radical (unpaired) electrons. The van der Waals surface area contributed by atoms with Crippen LogP contribution in [-0.4, -0.2) is 27.6 Å². The molecular formula is C13H16N4O. The molecule has 0 atom stereocenters. The number of carbonyl (C=O) groups excluding carboxylic acids is 1. The molecule has 94 valence electrons. The number of aryl methyl sites for hydroxylation is 1. The first-order chi connectivity index (χ1) is 8.58. The summed E-state index contributed by atoms with van der Waals surface area (Å²) in [6.45, 7) is 0.487. The minimum atomic E-state index is -0.0636. The molecule has 1 heterocycles. The van der Waals surface area contributed by atoms with Gasteiger partial charge in [0, 0.05) is 32.5 Å². The molecule has 0 fully saturated rings. The molecule has 0 saturated carbocycles. The predicted octanol–water partition coefficient (Wildman–Crippen LogP) is 1.27. The van der Waals surface area contributed by atoms with Gasteiger partial charge in [0.1, 0.15) is 0 Å². The van der Waals surface area contributed by atoms with E-state index < -0.39 is 0 Å². The number of hydrogen-bond donors (Lipinski definition) is 1. The molecule has 18 heavy (non-hydrogen) atoms. The first kappa shape index (κ1) is 12.2. The number of hydrogen-bond acceptors (Lipinski definition) is 3. The summed E-state index contributed by atoms with van der Waals surface area (Å²) in [6, 6.07) is 7.54. The van der Waals surface area contributed by atoms with Crippen molar-refractivity contribution in [2.24, 2.45) is 7.05 Å². The fraction of sp³-hybridized carbons (Fsp3) is 0.231. The maximum atomic E-state index is 12.1. The van der Waals surface area contributed by atoms with Crippen LogP contribution in [0.25, 0.3) is 0 Å². The highest BCUT2D eigenvalue weighted by Gasteiger charge is 2.14. The maximum absolute atomic E-state index is 12.1. The second kappa shape index (κ2) is 4.91. The summed E-state index contributed by atoms with van der Waals surface area (Å²) in [5.41, 5.74) is 8.08. The third-order valence-electron chi connectivity index (χ3n) is 2.76. The normalized spacial score (nSPS) is 10.3. The number of carbonyl (C=O) groups is 1. The lowest BCUT2D eigenvalue weighted by Crippen LogP contribution is -2.26. The Morgan fingerprint density at radius 3 is 2.78 bits per heavy atom.